The molecular formula is C47H28N2O3. The molecule has 0 aliphatic carbocycles. The molecule has 0 aliphatic rings. The van der Waals surface area contributed by atoms with E-state index in [1.54, 1.807) is 0 Å². The summed E-state index contributed by atoms with van der Waals surface area (Å²) in [4.78, 5) is 7.29. The number of aromatic nitrogens is 1. The third-order valence-corrected chi connectivity index (χ3v) is 10.1. The highest BCUT2D eigenvalue weighted by molar-refractivity contribution is 6.13. The van der Waals surface area contributed by atoms with E-state index < -0.39 is 0 Å². The van der Waals surface area contributed by atoms with Crippen LogP contribution in [-0.4, -0.2) is 4.98 Å². The van der Waals surface area contributed by atoms with Gasteiger partial charge in [0.25, 0.3) is 0 Å². The molecule has 5 heteroatoms. The van der Waals surface area contributed by atoms with E-state index in [2.05, 4.69) is 126 Å². The first kappa shape index (κ1) is 28.7. The van der Waals surface area contributed by atoms with Crippen LogP contribution in [0.4, 0.5) is 17.1 Å². The van der Waals surface area contributed by atoms with Gasteiger partial charge in [-0.05, 0) is 83.2 Å². The van der Waals surface area contributed by atoms with E-state index in [9.17, 15) is 0 Å². The number of anilines is 3. The second-order valence-corrected chi connectivity index (χ2v) is 13.1. The molecule has 11 aromatic rings. The molecule has 0 aliphatic heterocycles. The maximum absolute atomic E-state index is 6.60. The smallest absolute Gasteiger partial charge is 0.228 e. The van der Waals surface area contributed by atoms with Crippen LogP contribution in [0.3, 0.4) is 0 Å². The fraction of sp³-hybridized carbons (Fsp3) is 0. The van der Waals surface area contributed by atoms with Gasteiger partial charge in [-0.3, -0.25) is 0 Å². The summed E-state index contributed by atoms with van der Waals surface area (Å²) in [6.07, 6.45) is 0. The Labute approximate surface area is 297 Å². The van der Waals surface area contributed by atoms with Crippen molar-refractivity contribution >= 4 is 82.8 Å². The van der Waals surface area contributed by atoms with Crippen LogP contribution in [0.1, 0.15) is 0 Å². The Morgan fingerprint density at radius 2 is 1.06 bits per heavy atom. The molecule has 11 rings (SSSR count). The van der Waals surface area contributed by atoms with Gasteiger partial charge >= 0.3 is 0 Å². The minimum absolute atomic E-state index is 0.574. The van der Waals surface area contributed by atoms with Crippen LogP contribution < -0.4 is 4.90 Å². The van der Waals surface area contributed by atoms with Crippen LogP contribution in [0.25, 0.3) is 88.3 Å². The van der Waals surface area contributed by atoms with Gasteiger partial charge in [-0.15, -0.1) is 0 Å². The Bertz CT molecular complexity index is 3130. The fourth-order valence-electron chi connectivity index (χ4n) is 7.64. The van der Waals surface area contributed by atoms with Gasteiger partial charge in [-0.1, -0.05) is 97.1 Å². The summed E-state index contributed by atoms with van der Waals surface area (Å²) in [5.74, 6) is 0.574. The van der Waals surface area contributed by atoms with Crippen molar-refractivity contribution in [3.63, 3.8) is 0 Å². The van der Waals surface area contributed by atoms with Gasteiger partial charge < -0.3 is 18.2 Å². The number of rotatable bonds is 5. The number of benzene rings is 8. The minimum atomic E-state index is 0.574. The van der Waals surface area contributed by atoms with Crippen molar-refractivity contribution in [3.05, 3.63) is 170 Å². The van der Waals surface area contributed by atoms with Gasteiger partial charge in [0.2, 0.25) is 5.89 Å². The van der Waals surface area contributed by atoms with Crippen molar-refractivity contribution in [2.45, 2.75) is 0 Å². The maximum atomic E-state index is 6.60. The average molecular weight is 669 g/mol. The molecule has 0 bridgehead atoms. The van der Waals surface area contributed by atoms with Crippen LogP contribution >= 0.6 is 0 Å². The van der Waals surface area contributed by atoms with E-state index in [-0.39, 0.29) is 0 Å². The maximum Gasteiger partial charge on any atom is 0.228 e. The third kappa shape index (κ3) is 4.46. The molecule has 0 unspecified atom stereocenters. The molecule has 0 N–H and O–H groups in total. The topological polar surface area (TPSA) is 55.6 Å². The van der Waals surface area contributed by atoms with E-state index in [0.29, 0.717) is 5.89 Å². The van der Waals surface area contributed by atoms with E-state index in [1.165, 1.54) is 5.56 Å². The van der Waals surface area contributed by atoms with Crippen molar-refractivity contribution in [2.75, 3.05) is 4.90 Å². The van der Waals surface area contributed by atoms with E-state index >= 15 is 0 Å². The number of para-hydroxylation sites is 1. The monoisotopic (exact) mass is 668 g/mol. The molecule has 0 spiro atoms. The zero-order valence-electron chi connectivity index (χ0n) is 27.8. The molecule has 0 saturated heterocycles. The molecule has 0 radical (unpaired) electrons. The Hall–Kier alpha value is -7.11. The number of hydrogen-bond acceptors (Lipinski definition) is 5. The normalized spacial score (nSPS) is 11.8. The summed E-state index contributed by atoms with van der Waals surface area (Å²) >= 11 is 0. The first-order chi connectivity index (χ1) is 25.7. The van der Waals surface area contributed by atoms with E-state index in [4.69, 9.17) is 18.2 Å². The standard InChI is InChI=1S/C47H28N2O3/c1-2-9-29(10-3-1)30-17-20-32(21-18-30)49(33-23-26-41-39(27-33)36-13-6-7-15-40(36)50-41)34-22-24-37-44(28-34)51-42-16-8-14-38(45(37)42)47-48-46-35-12-5-4-11-31(35)19-25-43(46)52-47/h1-28H. The largest absolute Gasteiger partial charge is 0.456 e. The van der Waals surface area contributed by atoms with Gasteiger partial charge in [0.05, 0.1) is 0 Å². The highest BCUT2D eigenvalue weighted by atomic mass is 16.4. The summed E-state index contributed by atoms with van der Waals surface area (Å²) < 4.78 is 19.2. The molecule has 0 saturated carbocycles. The van der Waals surface area contributed by atoms with Crippen molar-refractivity contribution in [2.24, 2.45) is 0 Å². The van der Waals surface area contributed by atoms with Crippen molar-refractivity contribution in [1.82, 2.24) is 4.98 Å². The first-order valence-corrected chi connectivity index (χ1v) is 17.4. The van der Waals surface area contributed by atoms with Crippen LogP contribution in [0, 0.1) is 0 Å². The first-order valence-electron chi connectivity index (χ1n) is 17.4. The minimum Gasteiger partial charge on any atom is -0.456 e. The Morgan fingerprint density at radius 1 is 0.385 bits per heavy atom. The predicted octanol–water partition coefficient (Wildman–Crippen LogP) is 13.6. The van der Waals surface area contributed by atoms with Crippen LogP contribution in [0.2, 0.25) is 0 Å². The lowest BCUT2D eigenvalue weighted by molar-refractivity contribution is 0.620. The lowest BCUT2D eigenvalue weighted by Gasteiger charge is -2.25. The Morgan fingerprint density at radius 3 is 1.96 bits per heavy atom. The van der Waals surface area contributed by atoms with Gasteiger partial charge in [-0.25, -0.2) is 4.98 Å². The number of nitrogens with zero attached hydrogens (tertiary/aromatic N) is 2. The zero-order chi connectivity index (χ0) is 34.2. The number of furan rings is 2. The second kappa shape index (κ2) is 11.2. The fourth-order valence-corrected chi connectivity index (χ4v) is 7.64. The highest BCUT2D eigenvalue weighted by Crippen LogP contribution is 2.43. The Kier molecular flexibility index (Phi) is 6.18. The lowest BCUT2D eigenvalue weighted by Crippen LogP contribution is -2.09. The molecule has 52 heavy (non-hydrogen) atoms. The quantitative estimate of drug-likeness (QED) is 0.183. The lowest BCUT2D eigenvalue weighted by atomic mass is 10.0. The van der Waals surface area contributed by atoms with Crippen molar-refractivity contribution < 1.29 is 13.3 Å². The highest BCUT2D eigenvalue weighted by Gasteiger charge is 2.21. The molecule has 0 fully saturated rings. The van der Waals surface area contributed by atoms with Gasteiger partial charge in [0, 0.05) is 55.6 Å². The third-order valence-electron chi connectivity index (χ3n) is 10.1. The summed E-state index contributed by atoms with van der Waals surface area (Å²) in [5.41, 5.74) is 11.2. The number of hydrogen-bond donors (Lipinski definition) is 0. The molecule has 8 aromatic carbocycles. The summed E-state index contributed by atoms with van der Waals surface area (Å²) in [6.45, 7) is 0. The second-order valence-electron chi connectivity index (χ2n) is 13.1. The average Bonchev–Trinajstić information content (AvgIpc) is 3.92. The molecule has 244 valence electrons. The molecular weight excluding hydrogens is 641 g/mol. The molecule has 0 amide bonds. The van der Waals surface area contributed by atoms with Gasteiger partial charge in [-0.2, -0.15) is 0 Å². The number of fused-ring (bicyclic) bond motifs is 9. The van der Waals surface area contributed by atoms with Crippen molar-refractivity contribution in [3.8, 4) is 22.6 Å². The molecule has 3 aromatic heterocycles. The molecule has 5 nitrogen and oxygen atoms in total. The van der Waals surface area contributed by atoms with Crippen LogP contribution in [0.15, 0.2) is 183 Å². The van der Waals surface area contributed by atoms with Crippen molar-refractivity contribution in [1.29, 1.82) is 0 Å². The Balaban J connectivity index is 1.08. The predicted molar refractivity (Wildman–Crippen MR) is 212 cm³/mol. The van der Waals surface area contributed by atoms with Crippen LogP contribution in [0.5, 0.6) is 0 Å². The van der Waals surface area contributed by atoms with E-state index in [0.717, 1.165) is 93.9 Å². The molecule has 0 atom stereocenters. The summed E-state index contributed by atoms with van der Waals surface area (Å²) in [5, 5.41) is 6.34. The SMILES string of the molecule is c1ccc(-c2ccc(N(c3ccc4c(c3)oc3cccc(-c5nc6c(ccc7ccccc76)o5)c34)c3ccc4oc5ccccc5c4c3)cc2)cc1. The molecule has 3 heterocycles. The summed E-state index contributed by atoms with van der Waals surface area (Å²) in [6, 6.07) is 58.6. The zero-order valence-corrected chi connectivity index (χ0v) is 27.8. The summed E-state index contributed by atoms with van der Waals surface area (Å²) in [7, 11) is 0. The van der Waals surface area contributed by atoms with Gasteiger partial charge in [0.15, 0.2) is 5.58 Å². The number of oxazole rings is 1. The van der Waals surface area contributed by atoms with Crippen LogP contribution in [-0.2, 0) is 0 Å². The van der Waals surface area contributed by atoms with E-state index in [1.807, 2.05) is 48.5 Å². The van der Waals surface area contributed by atoms with Gasteiger partial charge in [0.1, 0.15) is 27.8 Å².